The number of hydrogen-bond acceptors (Lipinski definition) is 2. The summed E-state index contributed by atoms with van der Waals surface area (Å²) in [4.78, 5) is 12.3. The predicted molar refractivity (Wildman–Crippen MR) is 93.6 cm³/mol. The normalized spacial score (nSPS) is 10.4. The molecular formula is C16H16Br2N2O. The lowest BCUT2D eigenvalue weighted by Gasteiger charge is -2.09. The van der Waals surface area contributed by atoms with Crippen LogP contribution in [0.2, 0.25) is 0 Å². The van der Waals surface area contributed by atoms with Crippen LogP contribution in [0, 0.1) is 0 Å². The number of carbonyl (C=O) groups excluding carboxylic acids is 1. The summed E-state index contributed by atoms with van der Waals surface area (Å²) in [6.45, 7) is 3.78. The zero-order valence-corrected chi connectivity index (χ0v) is 14.8. The second kappa shape index (κ2) is 7.73. The van der Waals surface area contributed by atoms with Crippen LogP contribution in [-0.4, -0.2) is 12.5 Å². The van der Waals surface area contributed by atoms with Crippen molar-refractivity contribution in [2.45, 2.75) is 13.5 Å². The van der Waals surface area contributed by atoms with Crippen LogP contribution in [0.25, 0.3) is 0 Å². The average Bonchev–Trinajstić information content (AvgIpc) is 2.45. The average molecular weight is 412 g/mol. The van der Waals surface area contributed by atoms with Gasteiger partial charge in [0.15, 0.2) is 0 Å². The lowest BCUT2D eigenvalue weighted by atomic mass is 10.1. The minimum Gasteiger partial charge on any atom is -0.322 e. The number of nitrogens with one attached hydrogen (secondary N) is 2. The number of benzene rings is 2. The number of rotatable bonds is 5. The zero-order valence-electron chi connectivity index (χ0n) is 11.6. The van der Waals surface area contributed by atoms with Crippen LogP contribution in [0.1, 0.15) is 22.8 Å². The third-order valence-corrected chi connectivity index (χ3v) is 4.09. The number of amides is 1. The Morgan fingerprint density at radius 1 is 1.14 bits per heavy atom. The predicted octanol–water partition coefficient (Wildman–Crippen LogP) is 4.57. The van der Waals surface area contributed by atoms with Crippen LogP contribution in [0.3, 0.4) is 0 Å². The summed E-state index contributed by atoms with van der Waals surface area (Å²) >= 11 is 6.79. The van der Waals surface area contributed by atoms with Gasteiger partial charge in [-0.05, 0) is 58.4 Å². The molecule has 110 valence electrons. The van der Waals surface area contributed by atoms with Crippen LogP contribution in [0.15, 0.2) is 51.4 Å². The van der Waals surface area contributed by atoms with Gasteiger partial charge in [-0.1, -0.05) is 35.0 Å². The fourth-order valence-electron chi connectivity index (χ4n) is 1.90. The molecule has 2 aromatic rings. The van der Waals surface area contributed by atoms with Crippen LogP contribution in [0.5, 0.6) is 0 Å². The molecule has 21 heavy (non-hydrogen) atoms. The van der Waals surface area contributed by atoms with Gasteiger partial charge in [0.2, 0.25) is 0 Å². The van der Waals surface area contributed by atoms with E-state index in [1.807, 2.05) is 36.4 Å². The van der Waals surface area contributed by atoms with E-state index < -0.39 is 0 Å². The first-order chi connectivity index (χ1) is 10.1. The van der Waals surface area contributed by atoms with E-state index in [0.717, 1.165) is 33.3 Å². The summed E-state index contributed by atoms with van der Waals surface area (Å²) in [6.07, 6.45) is 0. The molecule has 0 unspecified atom stereocenters. The van der Waals surface area contributed by atoms with Gasteiger partial charge in [0.25, 0.3) is 5.91 Å². The Labute approximate surface area is 141 Å². The van der Waals surface area contributed by atoms with Gasteiger partial charge in [0.1, 0.15) is 0 Å². The van der Waals surface area contributed by atoms with E-state index in [1.54, 1.807) is 6.07 Å². The summed E-state index contributed by atoms with van der Waals surface area (Å²) in [5.74, 6) is -0.130. The number of carbonyl (C=O) groups is 1. The van der Waals surface area contributed by atoms with Crippen molar-refractivity contribution < 1.29 is 4.79 Å². The maximum Gasteiger partial charge on any atom is 0.256 e. The largest absolute Gasteiger partial charge is 0.322 e. The minimum absolute atomic E-state index is 0.130. The topological polar surface area (TPSA) is 41.1 Å². The number of hydrogen-bond donors (Lipinski definition) is 2. The van der Waals surface area contributed by atoms with Crippen molar-refractivity contribution in [3.8, 4) is 0 Å². The molecule has 0 saturated heterocycles. The Kier molecular flexibility index (Phi) is 5.96. The molecule has 0 aliphatic carbocycles. The van der Waals surface area contributed by atoms with Gasteiger partial charge in [-0.2, -0.15) is 0 Å². The molecule has 0 aliphatic rings. The van der Waals surface area contributed by atoms with Crippen molar-refractivity contribution in [3.63, 3.8) is 0 Å². The summed E-state index contributed by atoms with van der Waals surface area (Å²) in [5, 5.41) is 6.19. The fourth-order valence-corrected chi connectivity index (χ4v) is 3.13. The molecule has 0 radical (unpaired) electrons. The highest BCUT2D eigenvalue weighted by Crippen LogP contribution is 2.23. The first-order valence-corrected chi connectivity index (χ1v) is 8.25. The molecule has 0 aromatic heterocycles. The molecular weight excluding hydrogens is 396 g/mol. The summed E-state index contributed by atoms with van der Waals surface area (Å²) in [6, 6.07) is 13.3. The van der Waals surface area contributed by atoms with Crippen LogP contribution in [0.4, 0.5) is 5.69 Å². The molecule has 5 heteroatoms. The Balaban J connectivity index is 2.12. The van der Waals surface area contributed by atoms with Gasteiger partial charge in [-0.3, -0.25) is 4.79 Å². The van der Waals surface area contributed by atoms with Crippen molar-refractivity contribution in [2.75, 3.05) is 11.9 Å². The highest BCUT2D eigenvalue weighted by Gasteiger charge is 2.10. The molecule has 2 N–H and O–H groups in total. The van der Waals surface area contributed by atoms with Gasteiger partial charge >= 0.3 is 0 Å². The summed E-state index contributed by atoms with van der Waals surface area (Å²) in [7, 11) is 0. The minimum atomic E-state index is -0.130. The van der Waals surface area contributed by atoms with Crippen molar-refractivity contribution in [1.29, 1.82) is 0 Å². The number of anilines is 1. The van der Waals surface area contributed by atoms with Crippen molar-refractivity contribution in [2.24, 2.45) is 0 Å². The van der Waals surface area contributed by atoms with Crippen molar-refractivity contribution >= 4 is 43.5 Å². The molecule has 0 saturated carbocycles. The molecule has 3 nitrogen and oxygen atoms in total. The van der Waals surface area contributed by atoms with E-state index in [-0.39, 0.29) is 5.91 Å². The van der Waals surface area contributed by atoms with Crippen LogP contribution in [-0.2, 0) is 6.54 Å². The van der Waals surface area contributed by atoms with E-state index in [1.165, 1.54) is 0 Å². The smallest absolute Gasteiger partial charge is 0.256 e. The molecule has 1 amide bonds. The van der Waals surface area contributed by atoms with E-state index in [2.05, 4.69) is 49.4 Å². The molecule has 0 atom stereocenters. The third-order valence-electron chi connectivity index (χ3n) is 2.94. The van der Waals surface area contributed by atoms with Crippen LogP contribution >= 0.6 is 31.9 Å². The molecule has 2 rings (SSSR count). The van der Waals surface area contributed by atoms with Gasteiger partial charge in [-0.25, -0.2) is 0 Å². The molecule has 0 heterocycles. The summed E-state index contributed by atoms with van der Waals surface area (Å²) < 4.78 is 1.69. The maximum absolute atomic E-state index is 12.3. The Morgan fingerprint density at radius 3 is 2.67 bits per heavy atom. The highest BCUT2D eigenvalue weighted by molar-refractivity contribution is 9.11. The first kappa shape index (κ1) is 16.2. The van der Waals surface area contributed by atoms with E-state index in [0.29, 0.717) is 5.56 Å². The van der Waals surface area contributed by atoms with E-state index in [9.17, 15) is 4.79 Å². The van der Waals surface area contributed by atoms with E-state index in [4.69, 9.17) is 0 Å². The zero-order chi connectivity index (χ0) is 15.2. The maximum atomic E-state index is 12.3. The van der Waals surface area contributed by atoms with Crippen molar-refractivity contribution in [1.82, 2.24) is 5.32 Å². The molecule has 0 spiro atoms. The van der Waals surface area contributed by atoms with Crippen LogP contribution < -0.4 is 10.6 Å². The molecule has 0 aliphatic heterocycles. The Hall–Kier alpha value is -1.17. The lowest BCUT2D eigenvalue weighted by molar-refractivity contribution is 0.102. The summed E-state index contributed by atoms with van der Waals surface area (Å²) in [5.41, 5.74) is 2.55. The Bertz CT molecular complexity index is 644. The monoisotopic (exact) mass is 410 g/mol. The van der Waals surface area contributed by atoms with Gasteiger partial charge in [0.05, 0.1) is 5.56 Å². The standard InChI is InChI=1S/C16H16Br2N2O/c1-2-19-10-11-4-3-5-13(8-11)20-16(21)14-7-6-12(17)9-15(14)18/h3-9,19H,2,10H2,1H3,(H,20,21). The quantitative estimate of drug-likeness (QED) is 0.756. The van der Waals surface area contributed by atoms with E-state index >= 15 is 0 Å². The van der Waals surface area contributed by atoms with Gasteiger partial charge in [0, 0.05) is 21.2 Å². The third kappa shape index (κ3) is 4.66. The highest BCUT2D eigenvalue weighted by atomic mass is 79.9. The van der Waals surface area contributed by atoms with Gasteiger partial charge < -0.3 is 10.6 Å². The fraction of sp³-hybridized carbons (Fsp3) is 0.188. The second-order valence-corrected chi connectivity index (χ2v) is 6.33. The molecule has 2 aromatic carbocycles. The SMILES string of the molecule is CCNCc1cccc(NC(=O)c2ccc(Br)cc2Br)c1. The first-order valence-electron chi connectivity index (χ1n) is 6.66. The van der Waals surface area contributed by atoms with Crippen molar-refractivity contribution in [3.05, 3.63) is 62.5 Å². The molecule has 0 fully saturated rings. The number of halogens is 2. The second-order valence-electron chi connectivity index (χ2n) is 4.56. The Morgan fingerprint density at radius 2 is 1.95 bits per heavy atom. The molecule has 0 bridgehead atoms. The van der Waals surface area contributed by atoms with Gasteiger partial charge in [-0.15, -0.1) is 0 Å². The lowest BCUT2D eigenvalue weighted by Crippen LogP contribution is -2.14.